The molecular formula is C15H21N3O. The van der Waals surface area contributed by atoms with Gasteiger partial charge in [-0.15, -0.1) is 0 Å². The highest BCUT2D eigenvalue weighted by atomic mass is 16.2. The van der Waals surface area contributed by atoms with Crippen LogP contribution in [0.3, 0.4) is 0 Å². The van der Waals surface area contributed by atoms with Crippen LogP contribution in [0, 0.1) is 11.3 Å². The van der Waals surface area contributed by atoms with Crippen molar-refractivity contribution >= 4 is 5.91 Å². The quantitative estimate of drug-likeness (QED) is 0.868. The minimum atomic E-state index is -0.255. The van der Waals surface area contributed by atoms with E-state index in [4.69, 9.17) is 5.26 Å². The molecule has 0 spiro atoms. The average Bonchev–Trinajstić information content (AvgIpc) is 2.34. The van der Waals surface area contributed by atoms with E-state index in [0.717, 1.165) is 5.56 Å². The van der Waals surface area contributed by atoms with Gasteiger partial charge in [-0.25, -0.2) is 0 Å². The molecule has 1 amide bonds. The van der Waals surface area contributed by atoms with Crippen LogP contribution in [0.4, 0.5) is 0 Å². The molecule has 0 aliphatic heterocycles. The summed E-state index contributed by atoms with van der Waals surface area (Å²) in [5.74, 6) is -0.0128. The van der Waals surface area contributed by atoms with Crippen LogP contribution in [-0.2, 0) is 11.3 Å². The van der Waals surface area contributed by atoms with E-state index in [1.165, 1.54) is 0 Å². The van der Waals surface area contributed by atoms with Crippen molar-refractivity contribution in [1.29, 1.82) is 5.26 Å². The summed E-state index contributed by atoms with van der Waals surface area (Å²) in [6, 6.07) is 9.15. The fourth-order valence-electron chi connectivity index (χ4n) is 1.54. The van der Waals surface area contributed by atoms with E-state index >= 15 is 0 Å². The molecule has 0 bridgehead atoms. The Hall–Kier alpha value is -1.86. The summed E-state index contributed by atoms with van der Waals surface area (Å²) < 4.78 is 0. The Labute approximate surface area is 114 Å². The van der Waals surface area contributed by atoms with Gasteiger partial charge in [-0.2, -0.15) is 5.26 Å². The Morgan fingerprint density at radius 2 is 1.89 bits per heavy atom. The Balaban J connectivity index is 2.47. The van der Waals surface area contributed by atoms with E-state index in [2.05, 4.69) is 16.7 Å². The molecular weight excluding hydrogens is 238 g/mol. The molecule has 1 aromatic rings. The smallest absolute Gasteiger partial charge is 0.237 e. The van der Waals surface area contributed by atoms with Crippen molar-refractivity contribution in [3.63, 3.8) is 0 Å². The molecule has 1 aromatic carbocycles. The lowest BCUT2D eigenvalue weighted by Gasteiger charge is -2.23. The number of amides is 1. The molecule has 1 rings (SSSR count). The normalized spacial score (nSPS) is 12.6. The van der Waals surface area contributed by atoms with Gasteiger partial charge in [-0.3, -0.25) is 4.79 Å². The van der Waals surface area contributed by atoms with Gasteiger partial charge < -0.3 is 10.6 Å². The van der Waals surface area contributed by atoms with Crippen LogP contribution >= 0.6 is 0 Å². The first-order chi connectivity index (χ1) is 8.81. The van der Waals surface area contributed by atoms with Crippen LogP contribution in [-0.4, -0.2) is 17.5 Å². The minimum Gasteiger partial charge on any atom is -0.350 e. The van der Waals surface area contributed by atoms with E-state index in [9.17, 15) is 4.79 Å². The summed E-state index contributed by atoms with van der Waals surface area (Å²) in [5.41, 5.74) is 1.47. The van der Waals surface area contributed by atoms with Gasteiger partial charge in [-0.1, -0.05) is 12.1 Å². The minimum absolute atomic E-state index is 0.0128. The maximum absolute atomic E-state index is 11.9. The lowest BCUT2D eigenvalue weighted by molar-refractivity contribution is -0.124. The lowest BCUT2D eigenvalue weighted by atomic mass is 10.1. The molecule has 0 fully saturated rings. The maximum atomic E-state index is 11.9. The van der Waals surface area contributed by atoms with E-state index < -0.39 is 0 Å². The van der Waals surface area contributed by atoms with Gasteiger partial charge in [0.1, 0.15) is 0 Å². The molecule has 4 nitrogen and oxygen atoms in total. The number of carbonyl (C=O) groups is 1. The van der Waals surface area contributed by atoms with Gasteiger partial charge in [0, 0.05) is 12.1 Å². The lowest BCUT2D eigenvalue weighted by Crippen LogP contribution is -2.49. The topological polar surface area (TPSA) is 64.9 Å². The molecule has 102 valence electrons. The number of hydrogen-bond acceptors (Lipinski definition) is 3. The predicted octanol–water partition coefficient (Wildman–Crippen LogP) is 1.95. The molecule has 1 atom stereocenters. The Morgan fingerprint density at radius 3 is 2.37 bits per heavy atom. The number of rotatable bonds is 4. The number of nitriles is 1. The van der Waals surface area contributed by atoms with Gasteiger partial charge in [-0.05, 0) is 45.4 Å². The highest BCUT2D eigenvalue weighted by Gasteiger charge is 2.18. The predicted molar refractivity (Wildman–Crippen MR) is 75.4 cm³/mol. The molecule has 0 aliphatic carbocycles. The van der Waals surface area contributed by atoms with Crippen molar-refractivity contribution in [2.45, 2.75) is 45.8 Å². The average molecular weight is 259 g/mol. The summed E-state index contributed by atoms with van der Waals surface area (Å²) in [6.45, 7) is 8.31. The number of benzene rings is 1. The van der Waals surface area contributed by atoms with Crippen molar-refractivity contribution in [1.82, 2.24) is 10.6 Å². The zero-order chi connectivity index (χ0) is 14.5. The van der Waals surface area contributed by atoms with Crippen molar-refractivity contribution in [2.24, 2.45) is 0 Å². The van der Waals surface area contributed by atoms with E-state index in [1.54, 1.807) is 12.1 Å². The molecule has 0 saturated heterocycles. The van der Waals surface area contributed by atoms with Crippen molar-refractivity contribution < 1.29 is 4.79 Å². The Kier molecular flexibility index (Phi) is 5.08. The molecule has 0 radical (unpaired) electrons. The highest BCUT2D eigenvalue weighted by molar-refractivity contribution is 5.81. The van der Waals surface area contributed by atoms with Crippen LogP contribution in [0.2, 0.25) is 0 Å². The fraction of sp³-hybridized carbons (Fsp3) is 0.467. The second-order valence-corrected chi connectivity index (χ2v) is 5.65. The first kappa shape index (κ1) is 15.2. The number of hydrogen-bond donors (Lipinski definition) is 2. The second kappa shape index (κ2) is 6.35. The Bertz CT molecular complexity index is 466. The van der Waals surface area contributed by atoms with Crippen LogP contribution in [0.1, 0.15) is 38.8 Å². The number of nitrogens with zero attached hydrogens (tertiary/aromatic N) is 1. The Morgan fingerprint density at radius 1 is 1.32 bits per heavy atom. The standard InChI is InChI=1S/C15H21N3O/c1-11(14(19)18-15(2,3)4)17-10-13-7-5-12(9-16)6-8-13/h5-8,11,17H,10H2,1-4H3,(H,18,19). The van der Waals surface area contributed by atoms with E-state index in [0.29, 0.717) is 12.1 Å². The fourth-order valence-corrected chi connectivity index (χ4v) is 1.54. The van der Waals surface area contributed by atoms with Crippen molar-refractivity contribution in [3.05, 3.63) is 35.4 Å². The third-order valence-electron chi connectivity index (χ3n) is 2.59. The summed E-state index contributed by atoms with van der Waals surface area (Å²) in [7, 11) is 0. The largest absolute Gasteiger partial charge is 0.350 e. The SMILES string of the molecule is CC(NCc1ccc(C#N)cc1)C(=O)NC(C)(C)C. The summed E-state index contributed by atoms with van der Waals surface area (Å²) in [4.78, 5) is 11.9. The van der Waals surface area contributed by atoms with Crippen LogP contribution in [0.15, 0.2) is 24.3 Å². The second-order valence-electron chi connectivity index (χ2n) is 5.65. The third-order valence-corrected chi connectivity index (χ3v) is 2.59. The molecule has 19 heavy (non-hydrogen) atoms. The number of nitrogens with one attached hydrogen (secondary N) is 2. The van der Waals surface area contributed by atoms with Gasteiger partial charge in [0.25, 0.3) is 0 Å². The summed E-state index contributed by atoms with van der Waals surface area (Å²) in [5, 5.41) is 14.8. The zero-order valence-corrected chi connectivity index (χ0v) is 11.9. The molecule has 1 unspecified atom stereocenters. The third kappa shape index (κ3) is 5.54. The molecule has 0 aromatic heterocycles. The van der Waals surface area contributed by atoms with Gasteiger partial charge >= 0.3 is 0 Å². The zero-order valence-electron chi connectivity index (χ0n) is 11.9. The van der Waals surface area contributed by atoms with Crippen LogP contribution in [0.25, 0.3) is 0 Å². The van der Waals surface area contributed by atoms with Gasteiger partial charge in [0.05, 0.1) is 17.7 Å². The molecule has 4 heteroatoms. The molecule has 0 saturated carbocycles. The highest BCUT2D eigenvalue weighted by Crippen LogP contribution is 2.04. The van der Waals surface area contributed by atoms with Crippen LogP contribution in [0.5, 0.6) is 0 Å². The van der Waals surface area contributed by atoms with Crippen LogP contribution < -0.4 is 10.6 Å². The van der Waals surface area contributed by atoms with Crippen molar-refractivity contribution in [3.8, 4) is 6.07 Å². The first-order valence-electron chi connectivity index (χ1n) is 6.36. The monoisotopic (exact) mass is 259 g/mol. The molecule has 2 N–H and O–H groups in total. The number of carbonyl (C=O) groups excluding carboxylic acids is 1. The van der Waals surface area contributed by atoms with Crippen molar-refractivity contribution in [2.75, 3.05) is 0 Å². The summed E-state index contributed by atoms with van der Waals surface area (Å²) in [6.07, 6.45) is 0. The molecule has 0 heterocycles. The summed E-state index contributed by atoms with van der Waals surface area (Å²) >= 11 is 0. The van der Waals surface area contributed by atoms with E-state index in [1.807, 2.05) is 39.8 Å². The maximum Gasteiger partial charge on any atom is 0.237 e. The van der Waals surface area contributed by atoms with Gasteiger partial charge in [0.2, 0.25) is 5.91 Å². The van der Waals surface area contributed by atoms with Gasteiger partial charge in [0.15, 0.2) is 0 Å². The van der Waals surface area contributed by atoms with E-state index in [-0.39, 0.29) is 17.5 Å². The first-order valence-corrected chi connectivity index (χ1v) is 6.36. The molecule has 0 aliphatic rings.